The van der Waals surface area contributed by atoms with E-state index in [1.165, 1.54) is 29.7 Å². The largest absolute Gasteiger partial charge is 0.313 e. The van der Waals surface area contributed by atoms with E-state index in [1.54, 1.807) is 11.3 Å². The van der Waals surface area contributed by atoms with Crippen LogP contribution in [0.25, 0.3) is 0 Å². The van der Waals surface area contributed by atoms with Crippen LogP contribution in [0.3, 0.4) is 0 Å². The predicted molar refractivity (Wildman–Crippen MR) is 80.8 cm³/mol. The van der Waals surface area contributed by atoms with Crippen LogP contribution in [0.2, 0.25) is 0 Å². The average Bonchev–Trinajstić information content (AvgIpc) is 3.11. The lowest BCUT2D eigenvalue weighted by Crippen LogP contribution is -2.25. The molecule has 2 nitrogen and oxygen atoms in total. The summed E-state index contributed by atoms with van der Waals surface area (Å²) in [6.45, 7) is 3.27. The number of hydrogen-bond donors (Lipinski definition) is 1. The summed E-state index contributed by atoms with van der Waals surface area (Å²) in [6, 6.07) is 9.50. The number of aromatic nitrogens is 1. The molecule has 3 rings (SSSR count). The van der Waals surface area contributed by atoms with Crippen LogP contribution in [0.15, 0.2) is 35.2 Å². The van der Waals surface area contributed by atoms with Gasteiger partial charge in [-0.05, 0) is 37.3 Å². The Kier molecular flexibility index (Phi) is 3.95. The molecule has 1 unspecified atom stereocenters. The maximum absolute atomic E-state index is 4.44. The van der Waals surface area contributed by atoms with E-state index >= 15 is 0 Å². The molecular formula is C16H20N2S. The second kappa shape index (κ2) is 5.85. The smallest absolute Gasteiger partial charge is 0.0794 e. The summed E-state index contributed by atoms with van der Waals surface area (Å²) in [7, 11) is 0. The van der Waals surface area contributed by atoms with E-state index in [0.717, 1.165) is 19.0 Å². The topological polar surface area (TPSA) is 24.9 Å². The van der Waals surface area contributed by atoms with E-state index < -0.39 is 0 Å². The zero-order valence-electron chi connectivity index (χ0n) is 11.3. The van der Waals surface area contributed by atoms with Crippen molar-refractivity contribution in [3.05, 3.63) is 52.0 Å². The van der Waals surface area contributed by atoms with Crippen molar-refractivity contribution in [2.24, 2.45) is 0 Å². The Bertz CT molecular complexity index is 517. The first-order valence-electron chi connectivity index (χ1n) is 6.99. The fourth-order valence-corrected chi connectivity index (χ4v) is 3.10. The quantitative estimate of drug-likeness (QED) is 0.870. The number of aryl methyl sites for hydroxylation is 1. The monoisotopic (exact) mass is 272 g/mol. The molecule has 1 aliphatic carbocycles. The van der Waals surface area contributed by atoms with Crippen LogP contribution in [0.4, 0.5) is 0 Å². The minimum absolute atomic E-state index is 0.531. The van der Waals surface area contributed by atoms with Crippen LogP contribution in [0.1, 0.15) is 35.6 Å². The highest BCUT2D eigenvalue weighted by Crippen LogP contribution is 2.26. The van der Waals surface area contributed by atoms with Crippen LogP contribution in [0.5, 0.6) is 0 Å². The van der Waals surface area contributed by atoms with Gasteiger partial charge in [-0.2, -0.15) is 0 Å². The van der Waals surface area contributed by atoms with Gasteiger partial charge in [0.25, 0.3) is 0 Å². The summed E-state index contributed by atoms with van der Waals surface area (Å²) < 4.78 is 0. The Labute approximate surface area is 118 Å². The lowest BCUT2D eigenvalue weighted by molar-refractivity contribution is 0.571. The van der Waals surface area contributed by atoms with Crippen LogP contribution in [-0.2, 0) is 6.42 Å². The van der Waals surface area contributed by atoms with E-state index in [1.807, 2.05) is 5.51 Å². The van der Waals surface area contributed by atoms with Gasteiger partial charge in [0.2, 0.25) is 0 Å². The third-order valence-electron chi connectivity index (χ3n) is 3.80. The maximum Gasteiger partial charge on any atom is 0.0794 e. The van der Waals surface area contributed by atoms with Gasteiger partial charge >= 0.3 is 0 Å². The summed E-state index contributed by atoms with van der Waals surface area (Å²) in [5, 5.41) is 5.84. The number of thiazole rings is 1. The average molecular weight is 272 g/mol. The first-order valence-corrected chi connectivity index (χ1v) is 7.93. The summed E-state index contributed by atoms with van der Waals surface area (Å²) in [4.78, 5) is 4.44. The normalized spacial score (nSPS) is 16.5. The molecule has 0 amide bonds. The van der Waals surface area contributed by atoms with Gasteiger partial charge in [0.05, 0.1) is 11.2 Å². The number of nitrogens with one attached hydrogen (secondary N) is 1. The third-order valence-corrected chi connectivity index (χ3v) is 4.43. The van der Waals surface area contributed by atoms with Crippen molar-refractivity contribution in [3.8, 4) is 0 Å². The van der Waals surface area contributed by atoms with Crippen molar-refractivity contribution in [1.29, 1.82) is 0 Å². The van der Waals surface area contributed by atoms with Crippen molar-refractivity contribution < 1.29 is 0 Å². The molecular weight excluding hydrogens is 252 g/mol. The second-order valence-electron chi connectivity index (χ2n) is 5.42. The Hall–Kier alpha value is -1.19. The van der Waals surface area contributed by atoms with Gasteiger partial charge in [-0.1, -0.05) is 24.3 Å². The molecule has 1 aromatic carbocycles. The fourth-order valence-electron chi connectivity index (χ4n) is 2.52. The molecule has 0 spiro atoms. The fraction of sp³-hybridized carbons (Fsp3) is 0.438. The van der Waals surface area contributed by atoms with Crippen LogP contribution in [-0.4, -0.2) is 17.6 Å². The van der Waals surface area contributed by atoms with Crippen molar-refractivity contribution in [2.45, 2.75) is 38.1 Å². The third kappa shape index (κ3) is 3.43. The van der Waals surface area contributed by atoms with Crippen LogP contribution >= 0.6 is 11.3 Å². The van der Waals surface area contributed by atoms with Gasteiger partial charge in [-0.3, -0.25) is 0 Å². The molecule has 1 N–H and O–H groups in total. The zero-order valence-corrected chi connectivity index (χ0v) is 12.1. The zero-order chi connectivity index (χ0) is 13.1. The molecule has 0 saturated heterocycles. The van der Waals surface area contributed by atoms with E-state index in [9.17, 15) is 0 Å². The summed E-state index contributed by atoms with van der Waals surface area (Å²) in [6.07, 6.45) is 3.72. The van der Waals surface area contributed by atoms with Crippen LogP contribution < -0.4 is 5.32 Å². The highest BCUT2D eigenvalue weighted by atomic mass is 32.1. The van der Waals surface area contributed by atoms with Crippen molar-refractivity contribution >= 4 is 11.3 Å². The minimum Gasteiger partial charge on any atom is -0.313 e. The molecule has 100 valence electrons. The van der Waals surface area contributed by atoms with E-state index in [4.69, 9.17) is 0 Å². The maximum atomic E-state index is 4.44. The molecule has 1 aromatic heterocycles. The molecule has 2 aromatic rings. The highest BCUT2D eigenvalue weighted by molar-refractivity contribution is 7.07. The number of benzene rings is 1. The first kappa shape index (κ1) is 12.8. The molecule has 0 bridgehead atoms. The molecule has 1 heterocycles. The molecule has 3 heteroatoms. The predicted octanol–water partition coefficient (Wildman–Crippen LogP) is 3.53. The first-order chi connectivity index (χ1) is 9.33. The van der Waals surface area contributed by atoms with Gasteiger partial charge in [0, 0.05) is 23.9 Å². The van der Waals surface area contributed by atoms with Crippen molar-refractivity contribution in [1.82, 2.24) is 10.3 Å². The van der Waals surface area contributed by atoms with Gasteiger partial charge in [0.1, 0.15) is 0 Å². The van der Waals surface area contributed by atoms with Crippen molar-refractivity contribution in [2.75, 3.05) is 6.54 Å². The molecule has 1 fully saturated rings. The van der Waals surface area contributed by atoms with E-state index in [2.05, 4.69) is 46.9 Å². The Balaban J connectivity index is 1.76. The van der Waals surface area contributed by atoms with Crippen molar-refractivity contribution in [3.63, 3.8) is 0 Å². The lowest BCUT2D eigenvalue weighted by atomic mass is 9.91. The SMILES string of the molecule is Cc1ccccc1C(CNC1CC1)Cc1cscn1. The minimum atomic E-state index is 0.531. The highest BCUT2D eigenvalue weighted by Gasteiger charge is 2.23. The lowest BCUT2D eigenvalue weighted by Gasteiger charge is -2.19. The number of hydrogen-bond acceptors (Lipinski definition) is 3. The Morgan fingerprint density at radius 3 is 2.89 bits per heavy atom. The van der Waals surface area contributed by atoms with Crippen LogP contribution in [0, 0.1) is 6.92 Å². The molecule has 1 aliphatic rings. The number of rotatable bonds is 6. The second-order valence-corrected chi connectivity index (χ2v) is 6.14. The molecule has 0 radical (unpaired) electrons. The van der Waals surface area contributed by atoms with E-state index in [0.29, 0.717) is 5.92 Å². The summed E-state index contributed by atoms with van der Waals surface area (Å²) in [5.41, 5.74) is 6.00. The standard InChI is InChI=1S/C16H20N2S/c1-12-4-2-3-5-16(12)13(9-17-14-6-7-14)8-15-10-19-11-18-15/h2-5,10-11,13-14,17H,6-9H2,1H3. The molecule has 0 aliphatic heterocycles. The summed E-state index contributed by atoms with van der Waals surface area (Å²) >= 11 is 1.69. The molecule has 1 atom stereocenters. The number of nitrogens with zero attached hydrogens (tertiary/aromatic N) is 1. The molecule has 1 saturated carbocycles. The Morgan fingerprint density at radius 1 is 1.37 bits per heavy atom. The van der Waals surface area contributed by atoms with Gasteiger partial charge < -0.3 is 5.32 Å². The molecule has 19 heavy (non-hydrogen) atoms. The Morgan fingerprint density at radius 2 is 2.21 bits per heavy atom. The van der Waals surface area contributed by atoms with Gasteiger partial charge in [0.15, 0.2) is 0 Å². The van der Waals surface area contributed by atoms with Gasteiger partial charge in [-0.15, -0.1) is 11.3 Å². The van der Waals surface area contributed by atoms with E-state index in [-0.39, 0.29) is 0 Å². The summed E-state index contributed by atoms with van der Waals surface area (Å²) in [5.74, 6) is 0.531. The van der Waals surface area contributed by atoms with Gasteiger partial charge in [-0.25, -0.2) is 4.98 Å².